The van der Waals surface area contributed by atoms with Crippen LogP contribution in [-0.4, -0.2) is 42.8 Å². The lowest BCUT2D eigenvalue weighted by molar-refractivity contribution is -0.0452. The molecule has 0 radical (unpaired) electrons. The molecule has 1 aliphatic heterocycles. The van der Waals surface area contributed by atoms with Crippen LogP contribution in [0.25, 0.3) is 0 Å². The molecule has 0 aromatic heterocycles. The predicted molar refractivity (Wildman–Crippen MR) is 80.2 cm³/mol. The van der Waals surface area contributed by atoms with Gasteiger partial charge in [-0.3, -0.25) is 0 Å². The molecule has 2 N–H and O–H groups in total. The van der Waals surface area contributed by atoms with Crippen molar-refractivity contribution in [1.82, 2.24) is 4.90 Å². The van der Waals surface area contributed by atoms with Crippen LogP contribution in [0.15, 0.2) is 0 Å². The Hall–Kier alpha value is -0.120. The monoisotopic (exact) mass is 268 g/mol. The first-order valence-electron chi connectivity index (χ1n) is 8.13. The lowest BCUT2D eigenvalue weighted by Crippen LogP contribution is -2.36. The third kappa shape index (κ3) is 4.17. The van der Waals surface area contributed by atoms with Gasteiger partial charge in [0.25, 0.3) is 0 Å². The molecule has 1 heterocycles. The van der Waals surface area contributed by atoms with Crippen molar-refractivity contribution in [3.63, 3.8) is 0 Å². The van der Waals surface area contributed by atoms with E-state index >= 15 is 0 Å². The molecular weight excluding hydrogens is 236 g/mol. The second-order valence-corrected chi connectivity index (χ2v) is 7.13. The van der Waals surface area contributed by atoms with Gasteiger partial charge in [-0.2, -0.15) is 0 Å². The van der Waals surface area contributed by atoms with Crippen molar-refractivity contribution in [2.45, 2.75) is 76.5 Å². The molecule has 1 aliphatic carbocycles. The fourth-order valence-corrected chi connectivity index (χ4v) is 3.55. The summed E-state index contributed by atoms with van der Waals surface area (Å²) in [5.74, 6) is 0.581. The van der Waals surface area contributed by atoms with Crippen LogP contribution in [0.4, 0.5) is 0 Å². The average Bonchev–Trinajstić information content (AvgIpc) is 2.97. The first-order valence-corrected chi connectivity index (χ1v) is 8.13. The van der Waals surface area contributed by atoms with E-state index in [9.17, 15) is 0 Å². The Morgan fingerprint density at radius 3 is 2.58 bits per heavy atom. The van der Waals surface area contributed by atoms with Crippen LogP contribution < -0.4 is 5.73 Å². The minimum Gasteiger partial charge on any atom is -0.370 e. The van der Waals surface area contributed by atoms with Gasteiger partial charge in [-0.15, -0.1) is 0 Å². The van der Waals surface area contributed by atoms with E-state index in [-0.39, 0.29) is 5.60 Å². The summed E-state index contributed by atoms with van der Waals surface area (Å²) in [6, 6.07) is 0.327. The topological polar surface area (TPSA) is 38.5 Å². The van der Waals surface area contributed by atoms with Crippen LogP contribution in [-0.2, 0) is 4.74 Å². The molecule has 2 atom stereocenters. The van der Waals surface area contributed by atoms with E-state index in [4.69, 9.17) is 10.5 Å². The van der Waals surface area contributed by atoms with Gasteiger partial charge < -0.3 is 15.4 Å². The van der Waals surface area contributed by atoms with E-state index in [1.807, 2.05) is 0 Å². The number of likely N-dealkylation sites (N-methyl/N-ethyl adjacent to an activating group) is 1. The zero-order valence-electron chi connectivity index (χ0n) is 13.0. The van der Waals surface area contributed by atoms with E-state index in [0.29, 0.717) is 18.1 Å². The predicted octanol–water partition coefficient (Wildman–Crippen LogP) is 2.78. The Morgan fingerprint density at radius 1 is 1.26 bits per heavy atom. The van der Waals surface area contributed by atoms with Gasteiger partial charge in [0.2, 0.25) is 0 Å². The van der Waals surface area contributed by atoms with Crippen LogP contribution in [0.5, 0.6) is 0 Å². The molecule has 112 valence electrons. The Balaban J connectivity index is 1.67. The molecule has 3 heteroatoms. The zero-order valence-corrected chi connectivity index (χ0v) is 13.0. The molecule has 2 aliphatic rings. The van der Waals surface area contributed by atoms with Crippen LogP contribution >= 0.6 is 0 Å². The highest BCUT2D eigenvalue weighted by atomic mass is 16.5. The van der Waals surface area contributed by atoms with Crippen LogP contribution in [0.2, 0.25) is 0 Å². The van der Waals surface area contributed by atoms with E-state index < -0.39 is 0 Å². The quantitative estimate of drug-likeness (QED) is 0.805. The van der Waals surface area contributed by atoms with Crippen LogP contribution in [0, 0.1) is 5.92 Å². The highest BCUT2D eigenvalue weighted by Gasteiger charge is 2.42. The van der Waals surface area contributed by atoms with E-state index in [1.54, 1.807) is 0 Å². The second kappa shape index (κ2) is 6.55. The standard InChI is InChI=1S/C16H32N2O/c1-13(2)15(17)7-11-18(3)12-14-6-10-16(19-14)8-4-5-9-16/h13-15H,4-12,17H2,1-3H3. The van der Waals surface area contributed by atoms with Gasteiger partial charge in [-0.25, -0.2) is 0 Å². The Morgan fingerprint density at radius 2 is 1.95 bits per heavy atom. The van der Waals surface area contributed by atoms with Crippen LogP contribution in [0.3, 0.4) is 0 Å². The summed E-state index contributed by atoms with van der Waals surface area (Å²) in [6.07, 6.45) is 9.41. The molecule has 19 heavy (non-hydrogen) atoms. The highest BCUT2D eigenvalue weighted by Crippen LogP contribution is 2.43. The Kier molecular flexibility index (Phi) is 5.27. The molecule has 0 aromatic rings. The molecule has 0 amide bonds. The number of hydrogen-bond acceptors (Lipinski definition) is 3. The van der Waals surface area contributed by atoms with Crippen molar-refractivity contribution in [1.29, 1.82) is 0 Å². The fourth-order valence-electron chi connectivity index (χ4n) is 3.55. The SMILES string of the molecule is CC(C)C(N)CCN(C)CC1CCC2(CCCC2)O1. The van der Waals surface area contributed by atoms with Crippen molar-refractivity contribution in [2.24, 2.45) is 11.7 Å². The molecular formula is C16H32N2O. The molecule has 2 fully saturated rings. The van der Waals surface area contributed by atoms with E-state index in [0.717, 1.165) is 19.5 Å². The van der Waals surface area contributed by atoms with Gasteiger partial charge in [0.05, 0.1) is 11.7 Å². The third-order valence-corrected chi connectivity index (χ3v) is 5.07. The molecule has 2 unspecified atom stereocenters. The molecule has 1 spiro atoms. The summed E-state index contributed by atoms with van der Waals surface area (Å²) in [7, 11) is 2.20. The number of hydrogen-bond donors (Lipinski definition) is 1. The minimum atomic E-state index is 0.278. The zero-order chi connectivity index (χ0) is 13.9. The molecule has 0 aromatic carbocycles. The second-order valence-electron chi connectivity index (χ2n) is 7.13. The first kappa shape index (κ1) is 15.3. The molecule has 1 saturated carbocycles. The maximum atomic E-state index is 6.36. The van der Waals surface area contributed by atoms with Crippen molar-refractivity contribution in [3.8, 4) is 0 Å². The van der Waals surface area contributed by atoms with Crippen molar-refractivity contribution in [3.05, 3.63) is 0 Å². The Bertz CT molecular complexity index is 274. The van der Waals surface area contributed by atoms with Gasteiger partial charge in [0.15, 0.2) is 0 Å². The Labute approximate surface area is 118 Å². The summed E-state index contributed by atoms with van der Waals surface area (Å²) in [4.78, 5) is 2.40. The van der Waals surface area contributed by atoms with E-state index in [2.05, 4.69) is 25.8 Å². The summed E-state index contributed by atoms with van der Waals surface area (Å²) < 4.78 is 6.36. The average molecular weight is 268 g/mol. The van der Waals surface area contributed by atoms with Crippen LogP contribution in [0.1, 0.15) is 58.8 Å². The molecule has 1 saturated heterocycles. The molecule has 2 rings (SSSR count). The van der Waals surface area contributed by atoms with Crippen molar-refractivity contribution >= 4 is 0 Å². The fraction of sp³-hybridized carbons (Fsp3) is 1.00. The summed E-state index contributed by atoms with van der Waals surface area (Å²) in [5.41, 5.74) is 6.39. The van der Waals surface area contributed by atoms with Crippen molar-refractivity contribution < 1.29 is 4.74 Å². The minimum absolute atomic E-state index is 0.278. The lowest BCUT2D eigenvalue weighted by atomic mass is 9.98. The maximum absolute atomic E-state index is 6.36. The summed E-state index contributed by atoms with van der Waals surface area (Å²) in [6.45, 7) is 6.57. The largest absolute Gasteiger partial charge is 0.370 e. The van der Waals surface area contributed by atoms with Gasteiger partial charge in [-0.05, 0) is 51.6 Å². The molecule has 0 bridgehead atoms. The van der Waals surface area contributed by atoms with Gasteiger partial charge in [-0.1, -0.05) is 26.7 Å². The summed E-state index contributed by atoms with van der Waals surface area (Å²) in [5, 5.41) is 0. The van der Waals surface area contributed by atoms with E-state index in [1.165, 1.54) is 38.5 Å². The number of ether oxygens (including phenoxy) is 1. The van der Waals surface area contributed by atoms with Gasteiger partial charge in [0, 0.05) is 12.6 Å². The van der Waals surface area contributed by atoms with Gasteiger partial charge in [0.1, 0.15) is 0 Å². The number of nitrogens with zero attached hydrogens (tertiary/aromatic N) is 1. The number of rotatable bonds is 6. The lowest BCUT2D eigenvalue weighted by Gasteiger charge is -2.27. The number of nitrogens with two attached hydrogens (primary N) is 1. The normalized spacial score (nSPS) is 27.8. The highest BCUT2D eigenvalue weighted by molar-refractivity contribution is 4.93. The molecule has 3 nitrogen and oxygen atoms in total. The van der Waals surface area contributed by atoms with Gasteiger partial charge >= 0.3 is 0 Å². The van der Waals surface area contributed by atoms with Crippen molar-refractivity contribution in [2.75, 3.05) is 20.1 Å². The summed E-state index contributed by atoms with van der Waals surface area (Å²) >= 11 is 0. The maximum Gasteiger partial charge on any atom is 0.0710 e. The third-order valence-electron chi connectivity index (χ3n) is 5.07. The smallest absolute Gasteiger partial charge is 0.0710 e. The first-order chi connectivity index (χ1) is 9.01.